The van der Waals surface area contributed by atoms with E-state index in [1.165, 1.54) is 4.88 Å². The summed E-state index contributed by atoms with van der Waals surface area (Å²) < 4.78 is 0. The molecule has 2 aromatic rings. The van der Waals surface area contributed by atoms with Crippen molar-refractivity contribution in [3.63, 3.8) is 0 Å². The minimum Gasteiger partial charge on any atom is -0.396 e. The van der Waals surface area contributed by atoms with Crippen molar-refractivity contribution in [2.24, 2.45) is 0 Å². The molecule has 0 atom stereocenters. The zero-order valence-electron chi connectivity index (χ0n) is 9.40. The largest absolute Gasteiger partial charge is 0.396 e. The maximum Gasteiger partial charge on any atom is 0.112 e. The predicted octanol–water partition coefficient (Wildman–Crippen LogP) is 2.52. The number of nitrogens with two attached hydrogens (primary N) is 1. The van der Waals surface area contributed by atoms with E-state index in [9.17, 15) is 0 Å². The van der Waals surface area contributed by atoms with E-state index in [0.717, 1.165) is 10.7 Å². The zero-order valence-corrected chi connectivity index (χ0v) is 10.2. The van der Waals surface area contributed by atoms with E-state index in [4.69, 9.17) is 11.0 Å². The summed E-state index contributed by atoms with van der Waals surface area (Å²) in [7, 11) is 0. The second kappa shape index (κ2) is 4.85. The van der Waals surface area contributed by atoms with Gasteiger partial charge in [-0.25, -0.2) is 4.98 Å². The molecule has 2 rings (SSSR count). The molecule has 0 saturated heterocycles. The summed E-state index contributed by atoms with van der Waals surface area (Å²) in [5, 5.41) is 13.1. The molecule has 0 bridgehead atoms. The second-order valence-corrected chi connectivity index (χ2v) is 4.92. The first-order valence-corrected chi connectivity index (χ1v) is 5.96. The van der Waals surface area contributed by atoms with E-state index in [1.54, 1.807) is 17.4 Å². The number of hydrogen-bond donors (Lipinski definition) is 2. The lowest BCUT2D eigenvalue weighted by molar-refractivity contribution is 1.10. The van der Waals surface area contributed by atoms with Crippen molar-refractivity contribution in [1.82, 2.24) is 4.98 Å². The number of para-hydroxylation sites is 1. The number of aromatic nitrogens is 1. The Hall–Kier alpha value is -2.06. The standard InChI is InChI=1S/C12H12N4S/c1-8-6-16-11(17-8)7-15-10-4-2-3-9(5-13)12(10)14/h2-4,6,15H,7,14H2,1H3. The summed E-state index contributed by atoms with van der Waals surface area (Å²) in [5.74, 6) is 0. The van der Waals surface area contributed by atoms with Crippen LogP contribution in [0.1, 0.15) is 15.4 Å². The first-order valence-electron chi connectivity index (χ1n) is 5.14. The highest BCUT2D eigenvalue weighted by Gasteiger charge is 2.04. The van der Waals surface area contributed by atoms with Crippen molar-refractivity contribution in [3.8, 4) is 6.07 Å². The Morgan fingerprint density at radius 2 is 2.35 bits per heavy atom. The van der Waals surface area contributed by atoms with Crippen LogP contribution >= 0.6 is 11.3 Å². The molecule has 0 fully saturated rings. The molecular formula is C12H12N4S. The van der Waals surface area contributed by atoms with Crippen LogP contribution in [0.4, 0.5) is 11.4 Å². The number of nitrogens with one attached hydrogen (secondary N) is 1. The summed E-state index contributed by atoms with van der Waals surface area (Å²) in [6.07, 6.45) is 1.84. The van der Waals surface area contributed by atoms with Gasteiger partial charge >= 0.3 is 0 Å². The fourth-order valence-electron chi connectivity index (χ4n) is 1.47. The molecule has 0 aliphatic rings. The number of nitriles is 1. The van der Waals surface area contributed by atoms with Crippen LogP contribution in [0, 0.1) is 18.3 Å². The minimum absolute atomic E-state index is 0.489. The van der Waals surface area contributed by atoms with Gasteiger partial charge in [0, 0.05) is 11.1 Å². The topological polar surface area (TPSA) is 74.7 Å². The normalized spacial score (nSPS) is 9.88. The third kappa shape index (κ3) is 2.55. The molecule has 1 aromatic heterocycles. The first-order chi connectivity index (χ1) is 8.20. The van der Waals surface area contributed by atoms with Gasteiger partial charge in [-0.15, -0.1) is 11.3 Å². The average molecular weight is 244 g/mol. The molecule has 0 radical (unpaired) electrons. The highest BCUT2D eigenvalue weighted by Crippen LogP contribution is 2.23. The van der Waals surface area contributed by atoms with Crippen LogP contribution in [0.5, 0.6) is 0 Å². The Kier molecular flexibility index (Phi) is 3.26. The summed E-state index contributed by atoms with van der Waals surface area (Å²) in [4.78, 5) is 5.43. The van der Waals surface area contributed by atoms with E-state index >= 15 is 0 Å². The Morgan fingerprint density at radius 1 is 1.53 bits per heavy atom. The van der Waals surface area contributed by atoms with E-state index in [1.807, 2.05) is 25.3 Å². The molecule has 1 heterocycles. The summed E-state index contributed by atoms with van der Waals surface area (Å²) >= 11 is 1.64. The SMILES string of the molecule is Cc1cnc(CNc2cccc(C#N)c2N)s1. The minimum atomic E-state index is 0.489. The van der Waals surface area contributed by atoms with Gasteiger partial charge in [-0.1, -0.05) is 6.07 Å². The quantitative estimate of drug-likeness (QED) is 0.813. The van der Waals surface area contributed by atoms with Crippen molar-refractivity contribution in [2.75, 3.05) is 11.1 Å². The van der Waals surface area contributed by atoms with Crippen LogP contribution < -0.4 is 11.1 Å². The van der Waals surface area contributed by atoms with Gasteiger partial charge in [-0.05, 0) is 19.1 Å². The number of thiazole rings is 1. The first kappa shape index (κ1) is 11.4. The van der Waals surface area contributed by atoms with Crippen LogP contribution in [0.2, 0.25) is 0 Å². The van der Waals surface area contributed by atoms with Gasteiger partial charge in [0.1, 0.15) is 11.1 Å². The fraction of sp³-hybridized carbons (Fsp3) is 0.167. The summed E-state index contributed by atoms with van der Waals surface area (Å²) in [5.41, 5.74) is 7.62. The number of nitrogen functional groups attached to an aromatic ring is 1. The Balaban J connectivity index is 2.12. The lowest BCUT2D eigenvalue weighted by atomic mass is 10.1. The molecule has 0 aliphatic carbocycles. The van der Waals surface area contributed by atoms with E-state index in [-0.39, 0.29) is 0 Å². The third-order valence-electron chi connectivity index (χ3n) is 2.33. The Labute approximate surface area is 104 Å². The molecule has 0 spiro atoms. The predicted molar refractivity (Wildman–Crippen MR) is 69.7 cm³/mol. The van der Waals surface area contributed by atoms with Gasteiger partial charge in [0.25, 0.3) is 0 Å². The number of anilines is 2. The fourth-order valence-corrected chi connectivity index (χ4v) is 2.20. The number of benzene rings is 1. The Bertz CT molecular complexity index is 568. The monoisotopic (exact) mass is 244 g/mol. The highest BCUT2D eigenvalue weighted by molar-refractivity contribution is 7.11. The molecule has 5 heteroatoms. The van der Waals surface area contributed by atoms with Crippen LogP contribution in [0.15, 0.2) is 24.4 Å². The summed E-state index contributed by atoms with van der Waals surface area (Å²) in [6, 6.07) is 7.43. The third-order valence-corrected chi connectivity index (χ3v) is 3.24. The van der Waals surface area contributed by atoms with E-state index in [2.05, 4.69) is 16.4 Å². The summed E-state index contributed by atoms with van der Waals surface area (Å²) in [6.45, 7) is 2.64. The maximum atomic E-state index is 8.86. The van der Waals surface area contributed by atoms with Gasteiger partial charge in [0.05, 0.1) is 23.5 Å². The Morgan fingerprint density at radius 3 is 3.00 bits per heavy atom. The van der Waals surface area contributed by atoms with Crippen LogP contribution in [-0.2, 0) is 6.54 Å². The molecule has 0 amide bonds. The maximum absolute atomic E-state index is 8.86. The van der Waals surface area contributed by atoms with Gasteiger partial charge in [-0.3, -0.25) is 0 Å². The second-order valence-electron chi connectivity index (χ2n) is 3.60. The highest BCUT2D eigenvalue weighted by atomic mass is 32.1. The smallest absolute Gasteiger partial charge is 0.112 e. The number of rotatable bonds is 3. The molecule has 4 nitrogen and oxygen atoms in total. The van der Waals surface area contributed by atoms with Crippen LogP contribution in [0.3, 0.4) is 0 Å². The van der Waals surface area contributed by atoms with Gasteiger partial charge in [0.2, 0.25) is 0 Å². The van der Waals surface area contributed by atoms with E-state index < -0.39 is 0 Å². The van der Waals surface area contributed by atoms with Crippen molar-refractivity contribution in [3.05, 3.63) is 39.8 Å². The van der Waals surface area contributed by atoms with Crippen LogP contribution in [-0.4, -0.2) is 4.98 Å². The number of hydrogen-bond acceptors (Lipinski definition) is 5. The lowest BCUT2D eigenvalue weighted by Gasteiger charge is -2.08. The van der Waals surface area contributed by atoms with Gasteiger partial charge in [-0.2, -0.15) is 5.26 Å². The zero-order chi connectivity index (χ0) is 12.3. The molecule has 0 unspecified atom stereocenters. The van der Waals surface area contributed by atoms with Gasteiger partial charge < -0.3 is 11.1 Å². The van der Waals surface area contributed by atoms with Crippen molar-refractivity contribution in [2.45, 2.75) is 13.5 Å². The molecule has 86 valence electrons. The van der Waals surface area contributed by atoms with E-state index in [0.29, 0.717) is 17.8 Å². The number of nitrogens with zero attached hydrogens (tertiary/aromatic N) is 2. The molecular weight excluding hydrogens is 232 g/mol. The average Bonchev–Trinajstić information content (AvgIpc) is 2.74. The number of aryl methyl sites for hydroxylation is 1. The van der Waals surface area contributed by atoms with Gasteiger partial charge in [0.15, 0.2) is 0 Å². The molecule has 17 heavy (non-hydrogen) atoms. The van der Waals surface area contributed by atoms with Crippen molar-refractivity contribution in [1.29, 1.82) is 5.26 Å². The van der Waals surface area contributed by atoms with Crippen molar-refractivity contribution < 1.29 is 0 Å². The molecule has 0 aliphatic heterocycles. The van der Waals surface area contributed by atoms with Crippen molar-refractivity contribution >= 4 is 22.7 Å². The molecule has 3 N–H and O–H groups in total. The van der Waals surface area contributed by atoms with Crippen LogP contribution in [0.25, 0.3) is 0 Å². The molecule has 1 aromatic carbocycles. The molecule has 0 saturated carbocycles. The lowest BCUT2D eigenvalue weighted by Crippen LogP contribution is -2.03.